The van der Waals surface area contributed by atoms with Crippen LogP contribution in [0.5, 0.6) is 0 Å². The van der Waals surface area contributed by atoms with Crippen molar-refractivity contribution in [3.05, 3.63) is 57.0 Å². The number of rotatable bonds is 4. The minimum Gasteiger partial charge on any atom is -0.466 e. The molecule has 0 saturated heterocycles. The number of hydrogen-bond donors (Lipinski definition) is 2. The number of nitro groups is 1. The van der Waals surface area contributed by atoms with E-state index in [4.69, 9.17) is 4.42 Å². The molecule has 0 bridgehead atoms. The molecule has 0 atom stereocenters. The van der Waals surface area contributed by atoms with Crippen LogP contribution in [0.4, 0.5) is 11.4 Å². The average molecular weight is 331 g/mol. The fraction of sp³-hybridized carbons (Fsp3) is 0.250. The quantitative estimate of drug-likeness (QED) is 0.507. The number of nitro benzene ring substituents is 1. The number of nitrogens with one attached hydrogen (secondary N) is 2. The van der Waals surface area contributed by atoms with Gasteiger partial charge in [0.2, 0.25) is 0 Å². The first kappa shape index (κ1) is 17.2. The van der Waals surface area contributed by atoms with Crippen molar-refractivity contribution >= 4 is 23.2 Å². The molecular weight excluding hydrogens is 314 g/mol. The van der Waals surface area contributed by atoms with Crippen LogP contribution in [-0.2, 0) is 16.1 Å². The molecule has 0 spiro atoms. The number of anilines is 1. The van der Waals surface area contributed by atoms with E-state index in [0.29, 0.717) is 17.0 Å². The number of hydrogen-bond acceptors (Lipinski definition) is 5. The summed E-state index contributed by atoms with van der Waals surface area (Å²) in [7, 11) is 0. The fourth-order valence-electron chi connectivity index (χ4n) is 2.20. The molecular formula is C16H17N3O5. The Morgan fingerprint density at radius 3 is 2.42 bits per heavy atom. The van der Waals surface area contributed by atoms with Crippen LogP contribution in [0.15, 0.2) is 28.7 Å². The lowest BCUT2D eigenvalue weighted by Crippen LogP contribution is -2.35. The van der Waals surface area contributed by atoms with E-state index in [0.717, 1.165) is 11.3 Å². The maximum atomic E-state index is 11.9. The van der Waals surface area contributed by atoms with E-state index >= 15 is 0 Å². The molecule has 2 N–H and O–H groups in total. The molecule has 0 fully saturated rings. The minimum absolute atomic E-state index is 0.0826. The molecule has 2 rings (SSSR count). The van der Waals surface area contributed by atoms with E-state index < -0.39 is 16.7 Å². The maximum absolute atomic E-state index is 11.9. The summed E-state index contributed by atoms with van der Waals surface area (Å²) in [6, 6.07) is 5.76. The second-order valence-electron chi connectivity index (χ2n) is 5.33. The van der Waals surface area contributed by atoms with Crippen molar-refractivity contribution in [1.82, 2.24) is 5.32 Å². The molecule has 1 heterocycles. The van der Waals surface area contributed by atoms with Gasteiger partial charge in [-0.3, -0.25) is 19.7 Å². The van der Waals surface area contributed by atoms with Crippen molar-refractivity contribution in [3.8, 4) is 0 Å². The lowest BCUT2D eigenvalue weighted by atomic mass is 10.2. The van der Waals surface area contributed by atoms with Crippen LogP contribution in [0.1, 0.15) is 22.6 Å². The highest BCUT2D eigenvalue weighted by molar-refractivity contribution is 6.39. The number of non-ortho nitro benzene ring substituents is 1. The van der Waals surface area contributed by atoms with Gasteiger partial charge in [0.25, 0.3) is 5.69 Å². The summed E-state index contributed by atoms with van der Waals surface area (Å²) in [5.41, 5.74) is 1.55. The van der Waals surface area contributed by atoms with Crippen LogP contribution in [-0.4, -0.2) is 16.7 Å². The smallest absolute Gasteiger partial charge is 0.313 e. The van der Waals surface area contributed by atoms with E-state index in [1.54, 1.807) is 26.8 Å². The molecule has 24 heavy (non-hydrogen) atoms. The minimum atomic E-state index is -0.843. The summed E-state index contributed by atoms with van der Waals surface area (Å²) >= 11 is 0. The van der Waals surface area contributed by atoms with Crippen LogP contribution in [0.25, 0.3) is 0 Å². The Kier molecular flexibility index (Phi) is 4.98. The molecule has 0 radical (unpaired) electrons. The van der Waals surface area contributed by atoms with Crippen molar-refractivity contribution in [2.45, 2.75) is 27.3 Å². The van der Waals surface area contributed by atoms with Gasteiger partial charge < -0.3 is 15.1 Å². The van der Waals surface area contributed by atoms with E-state index in [1.807, 2.05) is 0 Å². The van der Waals surface area contributed by atoms with Crippen LogP contribution >= 0.6 is 0 Å². The fourth-order valence-corrected chi connectivity index (χ4v) is 2.20. The van der Waals surface area contributed by atoms with Gasteiger partial charge >= 0.3 is 11.8 Å². The first-order valence-corrected chi connectivity index (χ1v) is 7.18. The molecule has 1 aromatic carbocycles. The van der Waals surface area contributed by atoms with Gasteiger partial charge in [-0.05, 0) is 38.5 Å². The predicted octanol–water partition coefficient (Wildman–Crippen LogP) is 2.37. The molecule has 0 aliphatic carbocycles. The Balaban J connectivity index is 1.98. The number of aryl methyl sites for hydroxylation is 3. The molecule has 0 unspecified atom stereocenters. The van der Waals surface area contributed by atoms with Gasteiger partial charge in [-0.25, -0.2) is 0 Å². The largest absolute Gasteiger partial charge is 0.466 e. The van der Waals surface area contributed by atoms with Gasteiger partial charge in [-0.15, -0.1) is 0 Å². The molecule has 0 aliphatic heterocycles. The van der Waals surface area contributed by atoms with Crippen molar-refractivity contribution in [2.24, 2.45) is 0 Å². The molecule has 2 aromatic rings. The van der Waals surface area contributed by atoms with Crippen LogP contribution in [0, 0.1) is 30.9 Å². The second-order valence-corrected chi connectivity index (χ2v) is 5.33. The van der Waals surface area contributed by atoms with Gasteiger partial charge in [0.05, 0.1) is 4.92 Å². The van der Waals surface area contributed by atoms with E-state index in [9.17, 15) is 19.7 Å². The Morgan fingerprint density at radius 2 is 1.88 bits per heavy atom. The number of benzene rings is 1. The highest BCUT2D eigenvalue weighted by Crippen LogP contribution is 2.21. The van der Waals surface area contributed by atoms with E-state index in [-0.39, 0.29) is 12.2 Å². The molecule has 0 saturated carbocycles. The Labute approximate surface area is 138 Å². The Bertz CT molecular complexity index is 810. The van der Waals surface area contributed by atoms with Gasteiger partial charge in [-0.1, -0.05) is 0 Å². The highest BCUT2D eigenvalue weighted by Gasteiger charge is 2.16. The summed E-state index contributed by atoms with van der Waals surface area (Å²) < 4.78 is 5.34. The summed E-state index contributed by atoms with van der Waals surface area (Å²) in [5.74, 6) is -0.238. The standard InChI is InChI=1S/C16H17N3O5/c1-9-6-13(19(22)23)4-5-14(9)18-16(21)15(20)17-8-12-7-10(2)24-11(12)3/h4-7H,8H2,1-3H3,(H,17,20)(H,18,21). The van der Waals surface area contributed by atoms with Gasteiger partial charge in [0.15, 0.2) is 0 Å². The van der Waals surface area contributed by atoms with Crippen LogP contribution in [0.3, 0.4) is 0 Å². The Morgan fingerprint density at radius 1 is 1.17 bits per heavy atom. The van der Waals surface area contributed by atoms with E-state index in [1.165, 1.54) is 18.2 Å². The SMILES string of the molecule is Cc1cc(CNC(=O)C(=O)Nc2ccc([N+](=O)[O-])cc2C)c(C)o1. The molecule has 0 aliphatic rings. The summed E-state index contributed by atoms with van der Waals surface area (Å²) in [5, 5.41) is 15.6. The van der Waals surface area contributed by atoms with Gasteiger partial charge in [-0.2, -0.15) is 0 Å². The van der Waals surface area contributed by atoms with E-state index in [2.05, 4.69) is 10.6 Å². The lowest BCUT2D eigenvalue weighted by molar-refractivity contribution is -0.384. The summed E-state index contributed by atoms with van der Waals surface area (Å²) in [6.45, 7) is 5.35. The number of nitrogens with zero attached hydrogens (tertiary/aromatic N) is 1. The first-order chi connectivity index (χ1) is 11.3. The van der Waals surface area contributed by atoms with Gasteiger partial charge in [0, 0.05) is 29.9 Å². The van der Waals surface area contributed by atoms with Crippen LogP contribution < -0.4 is 10.6 Å². The van der Waals surface area contributed by atoms with Crippen molar-refractivity contribution < 1.29 is 18.9 Å². The molecule has 2 amide bonds. The third-order valence-electron chi connectivity index (χ3n) is 3.46. The topological polar surface area (TPSA) is 114 Å². The number of amides is 2. The van der Waals surface area contributed by atoms with Crippen molar-refractivity contribution in [2.75, 3.05) is 5.32 Å². The normalized spacial score (nSPS) is 10.3. The molecule has 8 heteroatoms. The van der Waals surface area contributed by atoms with Gasteiger partial charge in [0.1, 0.15) is 11.5 Å². The summed E-state index contributed by atoms with van der Waals surface area (Å²) in [6.07, 6.45) is 0. The number of carbonyl (C=O) groups is 2. The summed E-state index contributed by atoms with van der Waals surface area (Å²) in [4.78, 5) is 33.9. The molecule has 8 nitrogen and oxygen atoms in total. The average Bonchev–Trinajstić information content (AvgIpc) is 2.84. The zero-order valence-electron chi connectivity index (χ0n) is 13.5. The third kappa shape index (κ3) is 3.97. The first-order valence-electron chi connectivity index (χ1n) is 7.18. The van der Waals surface area contributed by atoms with Crippen LogP contribution in [0.2, 0.25) is 0 Å². The maximum Gasteiger partial charge on any atom is 0.313 e. The predicted molar refractivity (Wildman–Crippen MR) is 86.5 cm³/mol. The van der Waals surface area contributed by atoms with Crippen molar-refractivity contribution in [1.29, 1.82) is 0 Å². The molecule has 1 aromatic heterocycles. The van der Waals surface area contributed by atoms with Crippen molar-refractivity contribution in [3.63, 3.8) is 0 Å². The zero-order chi connectivity index (χ0) is 17.9. The third-order valence-corrected chi connectivity index (χ3v) is 3.46. The zero-order valence-corrected chi connectivity index (χ0v) is 13.5. The number of carbonyl (C=O) groups excluding carboxylic acids is 2. The second kappa shape index (κ2) is 6.95. The monoisotopic (exact) mass is 331 g/mol. The number of furan rings is 1. The lowest BCUT2D eigenvalue weighted by Gasteiger charge is -2.08. The Hall–Kier alpha value is -3.16. The highest BCUT2D eigenvalue weighted by atomic mass is 16.6. The molecule has 126 valence electrons.